The fourth-order valence-corrected chi connectivity index (χ4v) is 2.96. The van der Waals surface area contributed by atoms with Crippen molar-refractivity contribution in [3.63, 3.8) is 0 Å². The van der Waals surface area contributed by atoms with E-state index in [1.54, 1.807) is 11.7 Å². The summed E-state index contributed by atoms with van der Waals surface area (Å²) in [4.78, 5) is 12.2. The van der Waals surface area contributed by atoms with Gasteiger partial charge in [0.05, 0.1) is 11.4 Å². The van der Waals surface area contributed by atoms with E-state index in [9.17, 15) is 4.79 Å². The molecule has 3 N–H and O–H groups in total. The number of hydrogen-bond donors (Lipinski definition) is 2. The molecular weight excluding hydrogens is 240 g/mol. The number of hydrogen-bond acceptors (Lipinski definition) is 3. The maximum atomic E-state index is 12.2. The maximum absolute atomic E-state index is 12.2. The predicted molar refractivity (Wildman–Crippen MR) is 75.8 cm³/mol. The fourth-order valence-electron chi connectivity index (χ4n) is 2.96. The van der Waals surface area contributed by atoms with Crippen LogP contribution in [0.15, 0.2) is 0 Å². The molecule has 0 saturated heterocycles. The summed E-state index contributed by atoms with van der Waals surface area (Å²) in [6.45, 7) is 5.00. The van der Waals surface area contributed by atoms with E-state index < -0.39 is 0 Å². The number of nitrogen functional groups attached to an aromatic ring is 1. The minimum Gasteiger partial charge on any atom is -0.395 e. The quantitative estimate of drug-likeness (QED) is 0.870. The second-order valence-electron chi connectivity index (χ2n) is 5.68. The standard InChI is InChI=1S/C14H24N4O/c1-4-11-12(15)13(18(3)17-11)14(19)16-8-10-6-5-9(2)7-10/h9-10H,4-8,15H2,1-3H3,(H,16,19). The summed E-state index contributed by atoms with van der Waals surface area (Å²) in [7, 11) is 1.77. The molecule has 0 spiro atoms. The molecule has 1 aromatic rings. The molecule has 1 amide bonds. The number of nitrogens with one attached hydrogen (secondary N) is 1. The summed E-state index contributed by atoms with van der Waals surface area (Å²) in [6.07, 6.45) is 4.44. The molecule has 106 valence electrons. The van der Waals surface area contributed by atoms with E-state index in [0.717, 1.165) is 24.6 Å². The van der Waals surface area contributed by atoms with Crippen LogP contribution in [0.2, 0.25) is 0 Å². The summed E-state index contributed by atoms with van der Waals surface area (Å²) < 4.78 is 1.58. The van der Waals surface area contributed by atoms with Gasteiger partial charge in [-0.2, -0.15) is 5.10 Å². The third kappa shape index (κ3) is 2.91. The van der Waals surface area contributed by atoms with Crippen LogP contribution in [0.5, 0.6) is 0 Å². The molecule has 1 heterocycles. The van der Waals surface area contributed by atoms with Gasteiger partial charge in [-0.3, -0.25) is 9.48 Å². The lowest BCUT2D eigenvalue weighted by Gasteiger charge is -2.11. The first-order chi connectivity index (χ1) is 9.02. The summed E-state index contributed by atoms with van der Waals surface area (Å²) in [5.41, 5.74) is 7.78. The molecule has 1 saturated carbocycles. The van der Waals surface area contributed by atoms with Gasteiger partial charge in [0.25, 0.3) is 5.91 Å². The molecule has 5 nitrogen and oxygen atoms in total. The third-order valence-corrected chi connectivity index (χ3v) is 4.07. The maximum Gasteiger partial charge on any atom is 0.271 e. The number of anilines is 1. The minimum atomic E-state index is -0.105. The lowest BCUT2D eigenvalue weighted by Crippen LogP contribution is -2.30. The van der Waals surface area contributed by atoms with Gasteiger partial charge in [-0.25, -0.2) is 0 Å². The monoisotopic (exact) mass is 264 g/mol. The Labute approximate surface area is 114 Å². The highest BCUT2D eigenvalue weighted by Gasteiger charge is 2.23. The topological polar surface area (TPSA) is 72.9 Å². The lowest BCUT2D eigenvalue weighted by molar-refractivity contribution is 0.0938. The molecule has 1 aliphatic rings. The van der Waals surface area contributed by atoms with E-state index in [4.69, 9.17) is 5.73 Å². The summed E-state index contributed by atoms with van der Waals surface area (Å²) in [5, 5.41) is 7.27. The van der Waals surface area contributed by atoms with Gasteiger partial charge >= 0.3 is 0 Å². The molecule has 2 unspecified atom stereocenters. The highest BCUT2D eigenvalue weighted by Crippen LogP contribution is 2.29. The molecule has 0 aromatic carbocycles. The van der Waals surface area contributed by atoms with Crippen molar-refractivity contribution in [2.24, 2.45) is 18.9 Å². The van der Waals surface area contributed by atoms with E-state index in [1.807, 2.05) is 6.92 Å². The molecule has 5 heteroatoms. The summed E-state index contributed by atoms with van der Waals surface area (Å²) in [6, 6.07) is 0. The number of nitrogens with zero attached hydrogens (tertiary/aromatic N) is 2. The first kappa shape index (κ1) is 13.9. The van der Waals surface area contributed by atoms with Crippen molar-refractivity contribution < 1.29 is 4.79 Å². The van der Waals surface area contributed by atoms with Crippen molar-refractivity contribution in [2.75, 3.05) is 12.3 Å². The average molecular weight is 264 g/mol. The Hall–Kier alpha value is -1.52. The highest BCUT2D eigenvalue weighted by molar-refractivity contribution is 5.97. The Balaban J connectivity index is 1.98. The molecule has 2 rings (SSSR count). The Morgan fingerprint density at radius 2 is 2.26 bits per heavy atom. The van der Waals surface area contributed by atoms with E-state index >= 15 is 0 Å². The minimum absolute atomic E-state index is 0.105. The molecule has 0 radical (unpaired) electrons. The number of aryl methyl sites for hydroxylation is 2. The molecule has 1 aliphatic carbocycles. The van der Waals surface area contributed by atoms with Crippen molar-refractivity contribution >= 4 is 11.6 Å². The number of carbonyl (C=O) groups is 1. The van der Waals surface area contributed by atoms with Gasteiger partial charge in [0, 0.05) is 13.6 Å². The smallest absolute Gasteiger partial charge is 0.271 e. The number of amides is 1. The van der Waals surface area contributed by atoms with Gasteiger partial charge in [-0.15, -0.1) is 0 Å². The Morgan fingerprint density at radius 3 is 2.79 bits per heavy atom. The van der Waals surface area contributed by atoms with E-state index in [1.165, 1.54) is 19.3 Å². The molecule has 1 aromatic heterocycles. The van der Waals surface area contributed by atoms with E-state index in [2.05, 4.69) is 17.3 Å². The third-order valence-electron chi connectivity index (χ3n) is 4.07. The van der Waals surface area contributed by atoms with Crippen molar-refractivity contribution in [1.29, 1.82) is 0 Å². The van der Waals surface area contributed by atoms with Crippen LogP contribution in [0, 0.1) is 11.8 Å². The van der Waals surface area contributed by atoms with E-state index in [0.29, 0.717) is 17.3 Å². The molecule has 0 aliphatic heterocycles. The number of aromatic nitrogens is 2. The first-order valence-electron chi connectivity index (χ1n) is 7.12. The summed E-state index contributed by atoms with van der Waals surface area (Å²) >= 11 is 0. The highest BCUT2D eigenvalue weighted by atomic mass is 16.2. The second kappa shape index (κ2) is 5.63. The normalized spacial score (nSPS) is 22.7. The molecule has 2 atom stereocenters. The van der Waals surface area contributed by atoms with Gasteiger partial charge < -0.3 is 11.1 Å². The van der Waals surface area contributed by atoms with E-state index in [-0.39, 0.29) is 5.91 Å². The number of carbonyl (C=O) groups excluding carboxylic acids is 1. The lowest BCUT2D eigenvalue weighted by atomic mass is 10.1. The summed E-state index contributed by atoms with van der Waals surface area (Å²) in [5.74, 6) is 1.29. The van der Waals surface area contributed by atoms with Crippen LogP contribution in [0.3, 0.4) is 0 Å². The molecular formula is C14H24N4O. The van der Waals surface area contributed by atoms with Crippen molar-refractivity contribution in [3.8, 4) is 0 Å². The van der Waals surface area contributed by atoms with Crippen LogP contribution in [0.25, 0.3) is 0 Å². The largest absolute Gasteiger partial charge is 0.395 e. The second-order valence-corrected chi connectivity index (χ2v) is 5.68. The predicted octanol–water partition coefficient (Wildman–Crippen LogP) is 1.73. The van der Waals surface area contributed by atoms with Gasteiger partial charge in [-0.05, 0) is 31.1 Å². The SMILES string of the molecule is CCc1nn(C)c(C(=O)NCC2CCC(C)C2)c1N. The van der Waals surface area contributed by atoms with Crippen molar-refractivity contribution in [1.82, 2.24) is 15.1 Å². The Bertz CT molecular complexity index is 466. The zero-order valence-electron chi connectivity index (χ0n) is 12.1. The van der Waals surface area contributed by atoms with Crippen LogP contribution in [-0.2, 0) is 13.5 Å². The zero-order valence-corrected chi connectivity index (χ0v) is 12.1. The van der Waals surface area contributed by atoms with Gasteiger partial charge in [0.15, 0.2) is 0 Å². The molecule has 19 heavy (non-hydrogen) atoms. The Morgan fingerprint density at radius 1 is 1.53 bits per heavy atom. The van der Waals surface area contributed by atoms with Crippen molar-refractivity contribution in [2.45, 2.75) is 39.5 Å². The fraction of sp³-hybridized carbons (Fsp3) is 0.714. The van der Waals surface area contributed by atoms with Crippen LogP contribution in [0.1, 0.15) is 49.3 Å². The van der Waals surface area contributed by atoms with Gasteiger partial charge in [0.2, 0.25) is 0 Å². The van der Waals surface area contributed by atoms with Crippen LogP contribution < -0.4 is 11.1 Å². The number of nitrogens with two attached hydrogens (primary N) is 1. The number of rotatable bonds is 4. The first-order valence-corrected chi connectivity index (χ1v) is 7.12. The molecule has 0 bridgehead atoms. The van der Waals surface area contributed by atoms with Gasteiger partial charge in [-0.1, -0.05) is 20.3 Å². The molecule has 1 fully saturated rings. The van der Waals surface area contributed by atoms with Crippen LogP contribution in [-0.4, -0.2) is 22.2 Å². The van der Waals surface area contributed by atoms with Crippen molar-refractivity contribution in [3.05, 3.63) is 11.4 Å². The van der Waals surface area contributed by atoms with Crippen LogP contribution >= 0.6 is 0 Å². The van der Waals surface area contributed by atoms with Gasteiger partial charge in [0.1, 0.15) is 5.69 Å². The Kier molecular flexibility index (Phi) is 4.12. The average Bonchev–Trinajstić information content (AvgIpc) is 2.90. The zero-order chi connectivity index (χ0) is 14.0. The van der Waals surface area contributed by atoms with Crippen LogP contribution in [0.4, 0.5) is 5.69 Å².